The molecular weight excluding hydrogens is 1080 g/mol. The summed E-state index contributed by atoms with van der Waals surface area (Å²) in [7, 11) is 0. The van der Waals surface area contributed by atoms with Gasteiger partial charge in [0.1, 0.15) is 17.2 Å². The minimum atomic E-state index is -0.288. The smallest absolute Gasteiger partial charge is 0.261 e. The molecule has 11 nitrogen and oxygen atoms in total. The quantitative estimate of drug-likeness (QED) is 0.0283. The molecule has 3 atom stereocenters. The fourth-order valence-corrected chi connectivity index (χ4v) is 12.1. The zero-order valence-corrected chi connectivity index (χ0v) is 49.7. The maximum Gasteiger partial charge on any atom is 0.261 e. The summed E-state index contributed by atoms with van der Waals surface area (Å²) in [6.07, 6.45) is 36.5. The third-order valence-electron chi connectivity index (χ3n) is 15.6. The summed E-state index contributed by atoms with van der Waals surface area (Å²) in [4.78, 5) is 57.2. The van der Waals surface area contributed by atoms with Crippen LogP contribution in [0.2, 0.25) is 0 Å². The first-order valence-corrected chi connectivity index (χ1v) is 31.3. The lowest BCUT2D eigenvalue weighted by molar-refractivity contribution is -0.124. The number of alkyl halides is 1. The van der Waals surface area contributed by atoms with Crippen molar-refractivity contribution < 1.29 is 36.8 Å². The summed E-state index contributed by atoms with van der Waals surface area (Å²) in [6, 6.07) is 14.4. The van der Waals surface area contributed by atoms with Gasteiger partial charge in [-0.15, -0.1) is 0 Å². The van der Waals surface area contributed by atoms with Gasteiger partial charge >= 0.3 is 0 Å². The Hall–Kier alpha value is -5.11. The Morgan fingerprint density at radius 2 is 0.831 bits per heavy atom. The Balaban J connectivity index is 0.000000236. The van der Waals surface area contributed by atoms with E-state index >= 15 is 0 Å². The van der Waals surface area contributed by atoms with Gasteiger partial charge in [-0.3, -0.25) is 19.2 Å². The lowest BCUT2D eigenvalue weighted by Gasteiger charge is -2.29. The number of hydrogen-bond acceptors (Lipinski definition) is 8. The number of furan rings is 4. The van der Waals surface area contributed by atoms with E-state index in [1.165, 1.54) is 120 Å². The molecule has 0 saturated heterocycles. The molecule has 3 aliphatic heterocycles. The van der Waals surface area contributed by atoms with E-state index in [2.05, 4.69) is 69.5 Å². The number of hydrogen-bond donors (Lipinski definition) is 1. The molecule has 0 radical (unpaired) electrons. The molecule has 4 aliphatic rings. The van der Waals surface area contributed by atoms with E-state index in [-0.39, 0.29) is 29.9 Å². The van der Waals surface area contributed by atoms with Crippen LogP contribution in [0.5, 0.6) is 0 Å². The summed E-state index contributed by atoms with van der Waals surface area (Å²) < 4.78 is 23.8. The van der Waals surface area contributed by atoms with E-state index in [0.717, 1.165) is 57.3 Å². The molecule has 420 valence electrons. The molecule has 3 amide bonds. The van der Waals surface area contributed by atoms with Crippen LogP contribution in [0.4, 0.5) is 0 Å². The lowest BCUT2D eigenvalue weighted by Crippen LogP contribution is -2.34. The van der Waals surface area contributed by atoms with Crippen molar-refractivity contribution in [2.45, 2.75) is 202 Å². The highest BCUT2D eigenvalue weighted by Gasteiger charge is 2.51. The highest BCUT2D eigenvalue weighted by molar-refractivity contribution is 14.1. The standard InChI is InChI=1S/C38H56N2O4.C15H9NO4.C12H25I/c1-5-9-13-15-21-29(19-11-7-3)27-39-35(31-23-17-25-43-31)33-34(37(39)41)36(32-24-18-26-44-32)40(38(33)42)28-30(20-12-8-4)22-16-14-10-6-2;17-9-7-8(10-3-1-5-19-10)12-13(9)14(16-15(12)18)11-4-2-6-20-11;1-3-5-7-8-10-12(11-13)9-6-4-2/h17-18,23-26,29-30H,5-16,19-22,27-28H2,1-4H3;1-6H,7H2,(H,16,18);12H,3-11H2,1-2H3. The van der Waals surface area contributed by atoms with Gasteiger partial charge in [-0.1, -0.05) is 180 Å². The minimum absolute atomic E-state index is 0.100. The second kappa shape index (κ2) is 32.7. The Bertz CT molecular complexity index is 2380. The average Bonchev–Trinajstić information content (AvgIpc) is 4.34. The number of Topliss-reactive ketones (excluding diaryl/α,β-unsaturated/α-hetero) is 1. The Morgan fingerprint density at radius 1 is 0.455 bits per heavy atom. The zero-order chi connectivity index (χ0) is 54.9. The van der Waals surface area contributed by atoms with E-state index in [4.69, 9.17) is 17.7 Å². The maximum atomic E-state index is 14.5. The number of nitrogens with zero attached hydrogens (tertiary/aromatic N) is 2. The molecular formula is C65H90IN3O8. The summed E-state index contributed by atoms with van der Waals surface area (Å²) >= 11 is 2.55. The van der Waals surface area contributed by atoms with Gasteiger partial charge in [-0.05, 0) is 105 Å². The van der Waals surface area contributed by atoms with Crippen molar-refractivity contribution in [1.82, 2.24) is 15.1 Å². The number of carbonyl (C=O) groups excluding carboxylic acids is 4. The van der Waals surface area contributed by atoms with Gasteiger partial charge in [-0.2, -0.15) is 0 Å². The molecule has 4 aromatic rings. The SMILES string of the molecule is CCCCCCC(CCCC)CN1C(=O)C2=C(c3ccco3)N(CC(CCCC)CCCCCC)C(=O)C2=C1c1ccco1.CCCCCCC(CI)CCCC.O=C1CC(c2ccco2)=C2C(=O)NC(c3ccco3)=C12. The Morgan fingerprint density at radius 3 is 1.22 bits per heavy atom. The van der Waals surface area contributed by atoms with E-state index in [1.807, 2.05) is 34.1 Å². The van der Waals surface area contributed by atoms with Crippen LogP contribution in [0.25, 0.3) is 22.7 Å². The fourth-order valence-electron chi connectivity index (χ4n) is 11.3. The van der Waals surface area contributed by atoms with Crippen LogP contribution in [-0.4, -0.2) is 50.8 Å². The molecule has 0 bridgehead atoms. The summed E-state index contributed by atoms with van der Waals surface area (Å²) in [6.45, 7) is 14.7. The first-order valence-electron chi connectivity index (χ1n) is 29.8. The third kappa shape index (κ3) is 16.5. The normalized spacial score (nSPS) is 16.4. The van der Waals surface area contributed by atoms with E-state index in [9.17, 15) is 19.2 Å². The molecule has 12 heteroatoms. The summed E-state index contributed by atoms with van der Waals surface area (Å²) in [5.74, 6) is 3.38. The first-order chi connectivity index (χ1) is 37.6. The number of allylic oxidation sites excluding steroid dienone is 1. The molecule has 0 spiro atoms. The Kier molecular flexibility index (Phi) is 26.0. The van der Waals surface area contributed by atoms with Gasteiger partial charge < -0.3 is 32.8 Å². The molecule has 0 aromatic carbocycles. The number of fused-ring (bicyclic) bond motifs is 2. The van der Waals surface area contributed by atoms with Gasteiger partial charge in [-0.25, -0.2) is 0 Å². The average molecular weight is 1170 g/mol. The van der Waals surface area contributed by atoms with Gasteiger partial charge in [0.15, 0.2) is 23.1 Å². The largest absolute Gasteiger partial charge is 0.465 e. The topological polar surface area (TPSA) is 139 Å². The van der Waals surface area contributed by atoms with Crippen molar-refractivity contribution in [3.8, 4) is 0 Å². The van der Waals surface area contributed by atoms with Gasteiger partial charge in [0.25, 0.3) is 17.7 Å². The highest BCUT2D eigenvalue weighted by atomic mass is 127. The molecule has 0 fully saturated rings. The van der Waals surface area contributed by atoms with Crippen molar-refractivity contribution in [1.29, 1.82) is 0 Å². The second-order valence-electron chi connectivity index (χ2n) is 21.6. The molecule has 7 heterocycles. The molecule has 8 rings (SSSR count). The number of unbranched alkanes of at least 4 members (excludes halogenated alkanes) is 12. The van der Waals surface area contributed by atoms with Gasteiger partial charge in [0, 0.05) is 29.5 Å². The van der Waals surface area contributed by atoms with Crippen LogP contribution in [-0.2, 0) is 19.2 Å². The van der Waals surface area contributed by atoms with E-state index < -0.39 is 0 Å². The van der Waals surface area contributed by atoms with Crippen molar-refractivity contribution in [3.63, 3.8) is 0 Å². The molecule has 3 unspecified atom stereocenters. The monoisotopic (exact) mass is 1170 g/mol. The molecule has 77 heavy (non-hydrogen) atoms. The van der Waals surface area contributed by atoms with Crippen LogP contribution < -0.4 is 5.32 Å². The van der Waals surface area contributed by atoms with Crippen molar-refractivity contribution in [2.24, 2.45) is 17.8 Å². The van der Waals surface area contributed by atoms with Crippen LogP contribution in [0.15, 0.2) is 114 Å². The third-order valence-corrected chi connectivity index (χ3v) is 16.8. The molecule has 0 saturated carbocycles. The number of carbonyl (C=O) groups is 4. The number of halogens is 1. The Labute approximate surface area is 474 Å². The highest BCUT2D eigenvalue weighted by Crippen LogP contribution is 2.48. The van der Waals surface area contributed by atoms with Crippen LogP contribution >= 0.6 is 22.6 Å². The molecule has 1 N–H and O–H groups in total. The number of rotatable bonds is 33. The minimum Gasteiger partial charge on any atom is -0.465 e. The molecule has 4 aromatic heterocycles. The van der Waals surface area contributed by atoms with Gasteiger partial charge in [0.2, 0.25) is 0 Å². The summed E-state index contributed by atoms with van der Waals surface area (Å²) in [5, 5.41) is 2.71. The van der Waals surface area contributed by atoms with Crippen molar-refractivity contribution >= 4 is 68.8 Å². The van der Waals surface area contributed by atoms with E-state index in [1.54, 1.807) is 36.8 Å². The lowest BCUT2D eigenvalue weighted by atomic mass is 9.94. The number of ketones is 1. The number of amides is 3. The second-order valence-corrected chi connectivity index (χ2v) is 22.5. The van der Waals surface area contributed by atoms with Crippen LogP contribution in [0.3, 0.4) is 0 Å². The van der Waals surface area contributed by atoms with Crippen LogP contribution in [0, 0.1) is 17.8 Å². The van der Waals surface area contributed by atoms with Gasteiger partial charge in [0.05, 0.1) is 53.0 Å². The van der Waals surface area contributed by atoms with E-state index in [0.29, 0.717) is 92.9 Å². The predicted molar refractivity (Wildman–Crippen MR) is 318 cm³/mol. The number of nitrogens with one attached hydrogen (secondary N) is 1. The molecule has 1 aliphatic carbocycles. The van der Waals surface area contributed by atoms with Crippen molar-refractivity contribution in [3.05, 3.63) is 119 Å². The van der Waals surface area contributed by atoms with Crippen LogP contribution in [0.1, 0.15) is 225 Å². The zero-order valence-electron chi connectivity index (χ0n) is 47.5. The first kappa shape index (κ1) is 61.1. The fraction of sp³-hybridized carbons (Fsp3) is 0.569. The summed E-state index contributed by atoms with van der Waals surface area (Å²) in [5.41, 5.74) is 4.11. The van der Waals surface area contributed by atoms with Crippen molar-refractivity contribution in [2.75, 3.05) is 17.5 Å². The maximum absolute atomic E-state index is 14.5. The predicted octanol–water partition coefficient (Wildman–Crippen LogP) is 17.6.